The maximum Gasteiger partial charge on any atom is 0.266 e. The molecular weight excluding hydrogens is 280 g/mol. The number of hydrazine groups is 1. The van der Waals surface area contributed by atoms with Gasteiger partial charge in [-0.3, -0.25) is 19.4 Å². The number of benzene rings is 2. The van der Waals surface area contributed by atoms with Crippen LogP contribution in [0.1, 0.15) is 18.5 Å². The molecule has 22 heavy (non-hydrogen) atoms. The van der Waals surface area contributed by atoms with Crippen molar-refractivity contribution in [2.75, 3.05) is 5.01 Å². The summed E-state index contributed by atoms with van der Waals surface area (Å²) < 4.78 is 0. The van der Waals surface area contributed by atoms with Gasteiger partial charge in [-0.1, -0.05) is 48.5 Å². The highest BCUT2D eigenvalue weighted by Gasteiger charge is 2.33. The minimum Gasteiger partial charge on any atom is -0.296 e. The Hall–Kier alpha value is -2.79. The Kier molecular flexibility index (Phi) is 4.80. The summed E-state index contributed by atoms with van der Waals surface area (Å²) in [7, 11) is 0. The van der Waals surface area contributed by atoms with Crippen LogP contribution in [0.15, 0.2) is 60.7 Å². The number of Topliss-reactive ketones (excluding diaryl/α,β-unsaturated/α-hetero) is 3. The van der Waals surface area contributed by atoms with Crippen molar-refractivity contribution in [2.45, 2.75) is 13.0 Å². The Morgan fingerprint density at radius 1 is 0.909 bits per heavy atom. The average Bonchev–Trinajstić information content (AvgIpc) is 2.55. The highest BCUT2D eigenvalue weighted by molar-refractivity contribution is 6.64. The molecule has 2 N–H and O–H groups in total. The van der Waals surface area contributed by atoms with E-state index >= 15 is 0 Å². The molecule has 0 bridgehead atoms. The van der Waals surface area contributed by atoms with Crippen molar-refractivity contribution < 1.29 is 14.4 Å². The fourth-order valence-electron chi connectivity index (χ4n) is 2.12. The Bertz CT molecular complexity index is 684. The zero-order valence-corrected chi connectivity index (χ0v) is 12.1. The Morgan fingerprint density at radius 3 is 1.91 bits per heavy atom. The molecule has 0 aliphatic carbocycles. The van der Waals surface area contributed by atoms with Gasteiger partial charge in [0.05, 0.1) is 5.69 Å². The molecule has 2 rings (SSSR count). The van der Waals surface area contributed by atoms with E-state index in [1.54, 1.807) is 54.6 Å². The van der Waals surface area contributed by atoms with Crippen molar-refractivity contribution in [3.05, 3.63) is 66.2 Å². The van der Waals surface area contributed by atoms with Crippen molar-refractivity contribution in [1.29, 1.82) is 0 Å². The summed E-state index contributed by atoms with van der Waals surface area (Å²) in [6, 6.07) is 16.4. The molecule has 0 radical (unpaired) electrons. The first kappa shape index (κ1) is 15.6. The third-order valence-corrected chi connectivity index (χ3v) is 3.24. The monoisotopic (exact) mass is 296 g/mol. The van der Waals surface area contributed by atoms with Crippen LogP contribution in [0.5, 0.6) is 0 Å². The maximum absolute atomic E-state index is 12.4. The summed E-state index contributed by atoms with van der Waals surface area (Å²) in [6.45, 7) is 1.08. The van der Waals surface area contributed by atoms with Crippen LogP contribution in [-0.2, 0) is 14.4 Å². The Labute approximate surface area is 128 Å². The first-order valence-corrected chi connectivity index (χ1v) is 6.75. The van der Waals surface area contributed by atoms with E-state index in [1.807, 2.05) is 6.07 Å². The lowest BCUT2D eigenvalue weighted by Gasteiger charge is -2.27. The topological polar surface area (TPSA) is 80.5 Å². The van der Waals surface area contributed by atoms with Crippen LogP contribution in [0, 0.1) is 0 Å². The normalized spacial score (nSPS) is 11.5. The van der Waals surface area contributed by atoms with Crippen molar-refractivity contribution in [1.82, 2.24) is 0 Å². The lowest BCUT2D eigenvalue weighted by atomic mass is 9.97. The van der Waals surface area contributed by atoms with Gasteiger partial charge in [0.15, 0.2) is 0 Å². The van der Waals surface area contributed by atoms with E-state index in [4.69, 9.17) is 5.84 Å². The minimum atomic E-state index is -1.06. The number of anilines is 1. The Morgan fingerprint density at radius 2 is 1.41 bits per heavy atom. The number of rotatable bonds is 6. The van der Waals surface area contributed by atoms with Gasteiger partial charge in [0, 0.05) is 6.92 Å². The van der Waals surface area contributed by atoms with Crippen molar-refractivity contribution in [2.24, 2.45) is 5.84 Å². The number of hydrogen-bond donors (Lipinski definition) is 1. The first-order valence-electron chi connectivity index (χ1n) is 6.75. The lowest BCUT2D eigenvalue weighted by molar-refractivity contribution is -0.143. The highest BCUT2D eigenvalue weighted by atomic mass is 16.2. The fraction of sp³-hybridized carbons (Fsp3) is 0.118. The quantitative estimate of drug-likeness (QED) is 0.381. The van der Waals surface area contributed by atoms with Crippen molar-refractivity contribution in [3.8, 4) is 0 Å². The van der Waals surface area contributed by atoms with Crippen LogP contribution >= 0.6 is 0 Å². The number of hydrogen-bond acceptors (Lipinski definition) is 5. The largest absolute Gasteiger partial charge is 0.296 e. The molecule has 112 valence electrons. The summed E-state index contributed by atoms with van der Waals surface area (Å²) in [4.78, 5) is 35.5. The second-order valence-corrected chi connectivity index (χ2v) is 4.81. The SMILES string of the molecule is CC(=O)C(=O)C(=O)C(c1ccccc1)N(N)c1ccccc1. The third kappa shape index (κ3) is 3.27. The smallest absolute Gasteiger partial charge is 0.266 e. The standard InChI is InChI=1S/C17H16N2O3/c1-12(20)16(21)17(22)15(13-8-4-2-5-9-13)19(18)14-10-6-3-7-11-14/h2-11,15H,18H2,1H3. The Balaban J connectivity index is 2.45. The summed E-state index contributed by atoms with van der Waals surface area (Å²) >= 11 is 0. The van der Waals surface area contributed by atoms with Gasteiger partial charge in [-0.25, -0.2) is 5.84 Å². The highest BCUT2D eigenvalue weighted by Crippen LogP contribution is 2.25. The molecule has 0 saturated heterocycles. The van der Waals surface area contributed by atoms with Crippen LogP contribution < -0.4 is 10.9 Å². The first-order chi connectivity index (χ1) is 10.5. The molecule has 0 aliphatic heterocycles. The summed E-state index contributed by atoms with van der Waals surface area (Å²) in [5.41, 5.74) is 1.12. The lowest BCUT2D eigenvalue weighted by Crippen LogP contribution is -2.43. The molecule has 0 heterocycles. The summed E-state index contributed by atoms with van der Waals surface area (Å²) in [5.74, 6) is 3.36. The zero-order valence-electron chi connectivity index (χ0n) is 12.1. The van der Waals surface area contributed by atoms with Crippen LogP contribution in [0.25, 0.3) is 0 Å². The van der Waals surface area contributed by atoms with E-state index < -0.39 is 23.4 Å². The molecule has 0 saturated carbocycles. The molecule has 1 unspecified atom stereocenters. The number of nitrogens with two attached hydrogens (primary N) is 1. The van der Waals surface area contributed by atoms with Crippen LogP contribution in [0.4, 0.5) is 5.69 Å². The molecule has 0 amide bonds. The van der Waals surface area contributed by atoms with Crippen LogP contribution in [0.3, 0.4) is 0 Å². The van der Waals surface area contributed by atoms with E-state index in [2.05, 4.69) is 0 Å². The summed E-state index contributed by atoms with van der Waals surface area (Å²) in [6.07, 6.45) is 0. The molecular formula is C17H16N2O3. The third-order valence-electron chi connectivity index (χ3n) is 3.24. The van der Waals surface area contributed by atoms with Gasteiger partial charge in [-0.05, 0) is 17.7 Å². The molecule has 5 heteroatoms. The predicted molar refractivity (Wildman–Crippen MR) is 83.0 cm³/mol. The minimum absolute atomic E-state index is 0.549. The van der Waals surface area contributed by atoms with Gasteiger partial charge in [0.25, 0.3) is 5.78 Å². The van der Waals surface area contributed by atoms with Gasteiger partial charge in [-0.15, -0.1) is 0 Å². The molecule has 0 aromatic heterocycles. The average molecular weight is 296 g/mol. The fourth-order valence-corrected chi connectivity index (χ4v) is 2.12. The van der Waals surface area contributed by atoms with Gasteiger partial charge >= 0.3 is 0 Å². The molecule has 2 aromatic rings. The van der Waals surface area contributed by atoms with E-state index in [9.17, 15) is 14.4 Å². The van der Waals surface area contributed by atoms with Gasteiger partial charge in [-0.2, -0.15) is 0 Å². The number of carbonyl (C=O) groups is 3. The molecule has 0 spiro atoms. The number of carbonyl (C=O) groups excluding carboxylic acids is 3. The van der Waals surface area contributed by atoms with Crippen LogP contribution in [0.2, 0.25) is 0 Å². The van der Waals surface area contributed by atoms with E-state index in [-0.39, 0.29) is 0 Å². The number of nitrogens with zero attached hydrogens (tertiary/aromatic N) is 1. The molecule has 0 fully saturated rings. The van der Waals surface area contributed by atoms with Gasteiger partial charge < -0.3 is 0 Å². The molecule has 5 nitrogen and oxygen atoms in total. The second kappa shape index (κ2) is 6.78. The molecule has 1 atom stereocenters. The zero-order chi connectivity index (χ0) is 16.1. The molecule has 2 aromatic carbocycles. The van der Waals surface area contributed by atoms with Crippen molar-refractivity contribution >= 4 is 23.0 Å². The van der Waals surface area contributed by atoms with E-state index in [0.29, 0.717) is 11.3 Å². The van der Waals surface area contributed by atoms with Gasteiger partial charge in [0.1, 0.15) is 6.04 Å². The second-order valence-electron chi connectivity index (χ2n) is 4.81. The predicted octanol–water partition coefficient (Wildman–Crippen LogP) is 1.84. The summed E-state index contributed by atoms with van der Waals surface area (Å²) in [5, 5.41) is 1.21. The number of para-hydroxylation sites is 1. The van der Waals surface area contributed by atoms with E-state index in [0.717, 1.165) is 6.92 Å². The van der Waals surface area contributed by atoms with Crippen molar-refractivity contribution in [3.63, 3.8) is 0 Å². The maximum atomic E-state index is 12.4. The molecule has 0 aliphatic rings. The van der Waals surface area contributed by atoms with Crippen LogP contribution in [-0.4, -0.2) is 17.3 Å². The van der Waals surface area contributed by atoms with Gasteiger partial charge in [0.2, 0.25) is 11.6 Å². The van der Waals surface area contributed by atoms with E-state index in [1.165, 1.54) is 5.01 Å². The number of ketones is 3.